The first kappa shape index (κ1) is 18.1. The van der Waals surface area contributed by atoms with Crippen LogP contribution in [-0.4, -0.2) is 6.29 Å². The van der Waals surface area contributed by atoms with Gasteiger partial charge in [0.2, 0.25) is 0 Å². The molecule has 0 unspecified atom stereocenters. The maximum Gasteiger partial charge on any atom is 0.123 e. The van der Waals surface area contributed by atoms with E-state index < -0.39 is 0 Å². The van der Waals surface area contributed by atoms with Crippen molar-refractivity contribution < 1.29 is 4.79 Å². The molecule has 0 aromatic heterocycles. The molecule has 0 radical (unpaired) electrons. The van der Waals surface area contributed by atoms with Gasteiger partial charge in [-0.25, -0.2) is 0 Å². The lowest BCUT2D eigenvalue weighted by Gasteiger charge is -2.00. The standard InChI is InChI=1S/C18H32O/c1-2-3-4-5-6-7-8-9-10-11-12-13-14-15-16-17-18-19/h12-13,15-16,18H,2-11,14,17H2,1H3/b13-12+,16-15+. The van der Waals surface area contributed by atoms with Crippen LogP contribution < -0.4 is 0 Å². The van der Waals surface area contributed by atoms with Gasteiger partial charge in [-0.15, -0.1) is 0 Å². The highest BCUT2D eigenvalue weighted by molar-refractivity contribution is 5.51. The number of carbonyl (C=O) groups is 1. The predicted octanol–water partition coefficient (Wildman–Crippen LogP) is 6.00. The highest BCUT2D eigenvalue weighted by atomic mass is 16.1. The largest absolute Gasteiger partial charge is 0.303 e. The van der Waals surface area contributed by atoms with Crippen molar-refractivity contribution in [1.29, 1.82) is 0 Å². The van der Waals surface area contributed by atoms with Crippen molar-refractivity contribution in [2.45, 2.75) is 84.0 Å². The molecule has 0 aliphatic carbocycles. The minimum absolute atomic E-state index is 0.548. The summed E-state index contributed by atoms with van der Waals surface area (Å²) in [5.74, 6) is 0. The average molecular weight is 264 g/mol. The minimum Gasteiger partial charge on any atom is -0.303 e. The Kier molecular flexibility index (Phi) is 16.4. The molecule has 0 aromatic carbocycles. The van der Waals surface area contributed by atoms with Crippen LogP contribution in [-0.2, 0) is 4.79 Å². The molecule has 0 aliphatic rings. The van der Waals surface area contributed by atoms with Gasteiger partial charge in [-0.1, -0.05) is 82.6 Å². The second kappa shape index (κ2) is 17.2. The predicted molar refractivity (Wildman–Crippen MR) is 85.4 cm³/mol. The van der Waals surface area contributed by atoms with Gasteiger partial charge in [0.05, 0.1) is 0 Å². The molecule has 1 nitrogen and oxygen atoms in total. The van der Waals surface area contributed by atoms with E-state index in [1.165, 1.54) is 64.2 Å². The van der Waals surface area contributed by atoms with Gasteiger partial charge in [0.15, 0.2) is 0 Å². The smallest absolute Gasteiger partial charge is 0.123 e. The second-order valence-corrected chi connectivity index (χ2v) is 5.20. The van der Waals surface area contributed by atoms with Crippen LogP contribution in [0.2, 0.25) is 0 Å². The van der Waals surface area contributed by atoms with E-state index in [1.54, 1.807) is 0 Å². The summed E-state index contributed by atoms with van der Waals surface area (Å²) in [6.45, 7) is 2.27. The van der Waals surface area contributed by atoms with Crippen LogP contribution in [0.25, 0.3) is 0 Å². The molecule has 0 aliphatic heterocycles. The lowest BCUT2D eigenvalue weighted by Crippen LogP contribution is -1.80. The molecule has 19 heavy (non-hydrogen) atoms. The summed E-state index contributed by atoms with van der Waals surface area (Å²) in [5.41, 5.74) is 0. The molecular formula is C18H32O. The highest BCUT2D eigenvalue weighted by Crippen LogP contribution is 2.10. The van der Waals surface area contributed by atoms with Gasteiger partial charge >= 0.3 is 0 Å². The van der Waals surface area contributed by atoms with E-state index in [0.29, 0.717) is 6.42 Å². The van der Waals surface area contributed by atoms with E-state index in [1.807, 2.05) is 6.08 Å². The molecule has 1 heteroatoms. The Balaban J connectivity index is 3.09. The first-order valence-corrected chi connectivity index (χ1v) is 8.15. The zero-order valence-corrected chi connectivity index (χ0v) is 12.8. The van der Waals surface area contributed by atoms with Crippen molar-refractivity contribution in [3.63, 3.8) is 0 Å². The van der Waals surface area contributed by atoms with Crippen LogP contribution in [0.15, 0.2) is 24.3 Å². The van der Waals surface area contributed by atoms with Crippen LogP contribution >= 0.6 is 0 Å². The number of hydrogen-bond acceptors (Lipinski definition) is 1. The number of aldehydes is 1. The first-order valence-electron chi connectivity index (χ1n) is 8.15. The lowest BCUT2D eigenvalue weighted by molar-refractivity contribution is -0.107. The molecule has 0 aromatic rings. The van der Waals surface area contributed by atoms with Gasteiger partial charge in [-0.05, 0) is 19.3 Å². The summed E-state index contributed by atoms with van der Waals surface area (Å²) in [6, 6.07) is 0. The van der Waals surface area contributed by atoms with E-state index in [2.05, 4.69) is 25.2 Å². The van der Waals surface area contributed by atoms with Crippen LogP contribution in [0.1, 0.15) is 84.0 Å². The molecule has 0 bridgehead atoms. The molecule has 0 spiro atoms. The molecule has 0 saturated carbocycles. The number of hydrogen-bond donors (Lipinski definition) is 0. The highest BCUT2D eigenvalue weighted by Gasteiger charge is 1.90. The summed E-state index contributed by atoms with van der Waals surface area (Å²) in [5, 5.41) is 0. The third-order valence-corrected chi connectivity index (χ3v) is 3.31. The third-order valence-electron chi connectivity index (χ3n) is 3.31. The van der Waals surface area contributed by atoms with E-state index in [0.717, 1.165) is 12.7 Å². The summed E-state index contributed by atoms with van der Waals surface area (Å²) in [4.78, 5) is 10.1. The Morgan fingerprint density at radius 2 is 1.16 bits per heavy atom. The fourth-order valence-electron chi connectivity index (χ4n) is 2.11. The van der Waals surface area contributed by atoms with E-state index >= 15 is 0 Å². The molecule has 0 N–H and O–H groups in total. The van der Waals surface area contributed by atoms with Crippen molar-refractivity contribution in [3.05, 3.63) is 24.3 Å². The zero-order valence-electron chi connectivity index (χ0n) is 12.8. The molecule has 0 saturated heterocycles. The third kappa shape index (κ3) is 17.1. The van der Waals surface area contributed by atoms with Gasteiger partial charge in [-0.2, -0.15) is 0 Å². The topological polar surface area (TPSA) is 17.1 Å². The lowest BCUT2D eigenvalue weighted by atomic mass is 10.1. The SMILES string of the molecule is CCCCCCCCCCC/C=C/C/C=C/CC=O. The summed E-state index contributed by atoms with van der Waals surface area (Å²) < 4.78 is 0. The fourth-order valence-corrected chi connectivity index (χ4v) is 2.11. The number of carbonyl (C=O) groups excluding carboxylic acids is 1. The monoisotopic (exact) mass is 264 g/mol. The van der Waals surface area contributed by atoms with E-state index in [9.17, 15) is 4.79 Å². The van der Waals surface area contributed by atoms with Gasteiger partial charge in [-0.3, -0.25) is 0 Å². The van der Waals surface area contributed by atoms with E-state index in [-0.39, 0.29) is 0 Å². The van der Waals surface area contributed by atoms with Crippen molar-refractivity contribution in [2.75, 3.05) is 0 Å². The maximum atomic E-state index is 10.1. The normalized spacial score (nSPS) is 11.6. The second-order valence-electron chi connectivity index (χ2n) is 5.20. The van der Waals surface area contributed by atoms with Gasteiger partial charge in [0, 0.05) is 6.42 Å². The first-order chi connectivity index (χ1) is 9.41. The fraction of sp³-hybridized carbons (Fsp3) is 0.722. The van der Waals surface area contributed by atoms with Crippen molar-refractivity contribution >= 4 is 6.29 Å². The van der Waals surface area contributed by atoms with Crippen molar-refractivity contribution in [3.8, 4) is 0 Å². The average Bonchev–Trinajstić information content (AvgIpc) is 2.43. The number of rotatable bonds is 14. The minimum atomic E-state index is 0.548. The van der Waals surface area contributed by atoms with Gasteiger partial charge < -0.3 is 4.79 Å². The molecule has 0 rings (SSSR count). The van der Waals surface area contributed by atoms with Crippen LogP contribution in [0.5, 0.6) is 0 Å². The zero-order chi connectivity index (χ0) is 14.0. The Morgan fingerprint density at radius 3 is 1.79 bits per heavy atom. The van der Waals surface area contributed by atoms with E-state index in [4.69, 9.17) is 0 Å². The van der Waals surface area contributed by atoms with Gasteiger partial charge in [0.25, 0.3) is 0 Å². The number of unbranched alkanes of at least 4 members (excludes halogenated alkanes) is 9. The van der Waals surface area contributed by atoms with Crippen LogP contribution in [0.3, 0.4) is 0 Å². The molecule has 0 amide bonds. The van der Waals surface area contributed by atoms with Crippen molar-refractivity contribution in [2.24, 2.45) is 0 Å². The van der Waals surface area contributed by atoms with Crippen LogP contribution in [0, 0.1) is 0 Å². The molecule has 110 valence electrons. The quantitative estimate of drug-likeness (QED) is 0.214. The Hall–Kier alpha value is -0.850. The molecule has 0 fully saturated rings. The number of allylic oxidation sites excluding steroid dienone is 4. The summed E-state index contributed by atoms with van der Waals surface area (Å²) in [6.07, 6.45) is 24.7. The summed E-state index contributed by atoms with van der Waals surface area (Å²) in [7, 11) is 0. The molecule has 0 heterocycles. The van der Waals surface area contributed by atoms with Crippen molar-refractivity contribution in [1.82, 2.24) is 0 Å². The van der Waals surface area contributed by atoms with Crippen LogP contribution in [0.4, 0.5) is 0 Å². The Bertz CT molecular complexity index is 228. The molecular weight excluding hydrogens is 232 g/mol. The molecule has 0 atom stereocenters. The summed E-state index contributed by atoms with van der Waals surface area (Å²) >= 11 is 0. The maximum absolute atomic E-state index is 10.1. The Labute approximate surface area is 120 Å². The Morgan fingerprint density at radius 1 is 0.632 bits per heavy atom. The van der Waals surface area contributed by atoms with Gasteiger partial charge in [0.1, 0.15) is 6.29 Å².